The Bertz CT molecular complexity index is 1460. The monoisotopic (exact) mass is 547 g/mol. The Labute approximate surface area is 221 Å². The van der Waals surface area contributed by atoms with E-state index in [9.17, 15) is 32.3 Å². The molecule has 2 N–H and O–H groups in total. The highest BCUT2D eigenvalue weighted by Gasteiger charge is 2.35. The number of hydrogen-bond acceptors (Lipinski definition) is 6. The Hall–Kier alpha value is -4.16. The summed E-state index contributed by atoms with van der Waals surface area (Å²) in [4.78, 5) is 54.3. The first-order chi connectivity index (χ1) is 18.2. The van der Waals surface area contributed by atoms with Gasteiger partial charge < -0.3 is 19.9 Å². The quantitative estimate of drug-likeness (QED) is 0.469. The van der Waals surface area contributed by atoms with Crippen molar-refractivity contribution in [1.82, 2.24) is 24.8 Å². The lowest BCUT2D eigenvalue weighted by atomic mass is 9.93. The van der Waals surface area contributed by atoms with E-state index in [2.05, 4.69) is 15.4 Å². The molecule has 3 aromatic rings. The molecule has 2 aromatic heterocycles. The number of benzene rings is 1. The van der Waals surface area contributed by atoms with Gasteiger partial charge in [0.2, 0.25) is 0 Å². The highest BCUT2D eigenvalue weighted by atomic mass is 19.4. The number of Topliss-reactive ketones (excluding diaryl/α,β-unsaturated/α-hetero) is 1. The first kappa shape index (κ1) is 27.9. The third-order valence-corrected chi connectivity index (χ3v) is 6.29. The zero-order valence-corrected chi connectivity index (χ0v) is 21.6. The fraction of sp³-hybridized carbons (Fsp3) is 0.423. The number of fused-ring (bicyclic) bond motifs is 1. The molecular formula is C26H28F3N5O5. The Kier molecular flexibility index (Phi) is 7.53. The van der Waals surface area contributed by atoms with Gasteiger partial charge in [0.25, 0.3) is 11.5 Å². The number of hydrogen-bond donors (Lipinski definition) is 2. The van der Waals surface area contributed by atoms with E-state index in [0.717, 1.165) is 12.1 Å². The number of nitrogens with one attached hydrogen (secondary N) is 2. The van der Waals surface area contributed by atoms with Crippen molar-refractivity contribution >= 4 is 23.4 Å². The fourth-order valence-corrected chi connectivity index (χ4v) is 4.48. The van der Waals surface area contributed by atoms with Gasteiger partial charge in [-0.1, -0.05) is 18.2 Å². The molecule has 0 saturated carbocycles. The van der Waals surface area contributed by atoms with Gasteiger partial charge in [-0.15, -0.1) is 0 Å². The number of amides is 2. The number of aromatic nitrogens is 3. The first-order valence-electron chi connectivity index (χ1n) is 12.3. The van der Waals surface area contributed by atoms with E-state index in [-0.39, 0.29) is 17.1 Å². The van der Waals surface area contributed by atoms with Crippen LogP contribution in [0.4, 0.5) is 18.0 Å². The van der Waals surface area contributed by atoms with E-state index in [4.69, 9.17) is 4.74 Å². The van der Waals surface area contributed by atoms with Crippen molar-refractivity contribution in [2.24, 2.45) is 0 Å². The minimum absolute atomic E-state index is 0.0444. The van der Waals surface area contributed by atoms with Crippen molar-refractivity contribution in [3.63, 3.8) is 0 Å². The van der Waals surface area contributed by atoms with Crippen LogP contribution < -0.4 is 10.9 Å². The SMILES string of the molecule is CC(C)(C)OC(=O)N1CCC(c2cc(=O)[nH]c3c(C(=O)NCC(=O)c4ccccc4C(F)(F)F)cnn23)CC1. The maximum atomic E-state index is 13.3. The van der Waals surface area contributed by atoms with Crippen LogP contribution in [0.3, 0.4) is 0 Å². The molecule has 0 bridgehead atoms. The number of halogens is 3. The second-order valence-corrected chi connectivity index (χ2v) is 10.3. The van der Waals surface area contributed by atoms with Gasteiger partial charge in [0.05, 0.1) is 24.0 Å². The number of alkyl halides is 3. The molecule has 10 nitrogen and oxygen atoms in total. The summed E-state index contributed by atoms with van der Waals surface area (Å²) in [6.45, 7) is 5.48. The van der Waals surface area contributed by atoms with E-state index in [1.54, 1.807) is 25.7 Å². The molecule has 1 fully saturated rings. The smallest absolute Gasteiger partial charge is 0.417 e. The molecule has 1 aliphatic rings. The number of ether oxygens (including phenoxy) is 1. The molecule has 0 spiro atoms. The second-order valence-electron chi connectivity index (χ2n) is 10.3. The van der Waals surface area contributed by atoms with E-state index in [1.165, 1.54) is 28.9 Å². The molecule has 4 rings (SSSR count). The molecule has 2 amide bonds. The topological polar surface area (TPSA) is 126 Å². The van der Waals surface area contributed by atoms with Crippen LogP contribution in [0.2, 0.25) is 0 Å². The van der Waals surface area contributed by atoms with Crippen molar-refractivity contribution < 1.29 is 32.3 Å². The van der Waals surface area contributed by atoms with Crippen LogP contribution in [-0.2, 0) is 10.9 Å². The molecule has 0 atom stereocenters. The highest BCUT2D eigenvalue weighted by molar-refractivity contribution is 6.05. The van der Waals surface area contributed by atoms with Gasteiger partial charge in [0.15, 0.2) is 5.78 Å². The Morgan fingerprint density at radius 3 is 2.41 bits per heavy atom. The van der Waals surface area contributed by atoms with E-state index in [0.29, 0.717) is 31.6 Å². The van der Waals surface area contributed by atoms with Crippen molar-refractivity contribution in [2.75, 3.05) is 19.6 Å². The summed E-state index contributed by atoms with van der Waals surface area (Å²) < 4.78 is 46.6. The Balaban J connectivity index is 1.48. The van der Waals surface area contributed by atoms with Crippen LogP contribution in [0.25, 0.3) is 5.65 Å². The van der Waals surface area contributed by atoms with Crippen LogP contribution in [-0.4, -0.2) is 62.5 Å². The number of rotatable bonds is 5. The lowest BCUT2D eigenvalue weighted by Crippen LogP contribution is -2.41. The average Bonchev–Trinajstić information content (AvgIpc) is 3.29. The van der Waals surface area contributed by atoms with Gasteiger partial charge in [0.1, 0.15) is 16.8 Å². The third-order valence-electron chi connectivity index (χ3n) is 6.29. The van der Waals surface area contributed by atoms with Gasteiger partial charge in [-0.2, -0.15) is 18.3 Å². The van der Waals surface area contributed by atoms with Gasteiger partial charge >= 0.3 is 12.3 Å². The summed E-state index contributed by atoms with van der Waals surface area (Å²) in [6.07, 6.45) is -2.85. The lowest BCUT2D eigenvalue weighted by Gasteiger charge is -2.33. The minimum atomic E-state index is -4.72. The second kappa shape index (κ2) is 10.5. The molecule has 39 heavy (non-hydrogen) atoms. The van der Waals surface area contributed by atoms with Crippen LogP contribution in [0, 0.1) is 0 Å². The zero-order valence-electron chi connectivity index (χ0n) is 21.6. The molecule has 208 valence electrons. The molecule has 0 unspecified atom stereocenters. The van der Waals surface area contributed by atoms with Crippen LogP contribution in [0.5, 0.6) is 0 Å². The summed E-state index contributed by atoms with van der Waals surface area (Å²) in [5.74, 6) is -1.83. The molecule has 1 aliphatic heterocycles. The molecule has 0 radical (unpaired) electrons. The number of likely N-dealkylation sites (tertiary alicyclic amines) is 1. The van der Waals surface area contributed by atoms with Gasteiger partial charge in [-0.05, 0) is 39.7 Å². The standard InChI is InChI=1S/C26H28F3N5O5/c1-25(2,3)39-24(38)33-10-8-15(9-11-33)19-12-21(36)32-22-17(13-31-34(19)22)23(37)30-14-20(35)16-6-4-5-7-18(16)26(27,28)29/h4-7,12-13,15H,8-11,14H2,1-3H3,(H,30,37)(H,32,36). The summed E-state index contributed by atoms with van der Waals surface area (Å²) in [7, 11) is 0. The number of carbonyl (C=O) groups is 3. The van der Waals surface area contributed by atoms with Crippen molar-refractivity contribution in [2.45, 2.75) is 51.3 Å². The van der Waals surface area contributed by atoms with Crippen LogP contribution in [0.15, 0.2) is 41.3 Å². The van der Waals surface area contributed by atoms with Crippen molar-refractivity contribution in [1.29, 1.82) is 0 Å². The largest absolute Gasteiger partial charge is 0.444 e. The molecule has 1 saturated heterocycles. The van der Waals surface area contributed by atoms with E-state index >= 15 is 0 Å². The van der Waals surface area contributed by atoms with Gasteiger partial charge in [-0.3, -0.25) is 14.4 Å². The van der Waals surface area contributed by atoms with E-state index < -0.39 is 52.8 Å². The lowest BCUT2D eigenvalue weighted by molar-refractivity contribution is -0.137. The Morgan fingerprint density at radius 2 is 1.77 bits per heavy atom. The molecule has 0 aliphatic carbocycles. The molecular weight excluding hydrogens is 519 g/mol. The van der Waals surface area contributed by atoms with Gasteiger partial charge in [-0.25, -0.2) is 9.31 Å². The molecule has 3 heterocycles. The number of nitrogens with zero attached hydrogens (tertiary/aromatic N) is 3. The Morgan fingerprint density at radius 1 is 1.10 bits per heavy atom. The normalized spacial score (nSPS) is 14.9. The summed E-state index contributed by atoms with van der Waals surface area (Å²) in [6, 6.07) is 5.70. The number of H-pyrrole nitrogens is 1. The summed E-state index contributed by atoms with van der Waals surface area (Å²) in [5.41, 5.74) is -2.15. The van der Waals surface area contributed by atoms with Crippen LogP contribution >= 0.6 is 0 Å². The van der Waals surface area contributed by atoms with Crippen LogP contribution in [0.1, 0.15) is 71.5 Å². The number of aromatic amines is 1. The van der Waals surface area contributed by atoms with Gasteiger partial charge in [0, 0.05) is 30.6 Å². The summed E-state index contributed by atoms with van der Waals surface area (Å²) in [5, 5.41) is 6.56. The summed E-state index contributed by atoms with van der Waals surface area (Å²) >= 11 is 0. The minimum Gasteiger partial charge on any atom is -0.444 e. The first-order valence-corrected chi connectivity index (χ1v) is 12.3. The number of piperidine rings is 1. The molecule has 1 aromatic carbocycles. The maximum Gasteiger partial charge on any atom is 0.417 e. The zero-order chi connectivity index (χ0) is 28.5. The number of ketones is 1. The number of carbonyl (C=O) groups excluding carboxylic acids is 3. The predicted octanol–water partition coefficient (Wildman–Crippen LogP) is 3.77. The van der Waals surface area contributed by atoms with E-state index in [1.807, 2.05) is 0 Å². The third kappa shape index (κ3) is 6.29. The average molecular weight is 548 g/mol. The van der Waals surface area contributed by atoms with Crippen molar-refractivity contribution in [3.05, 3.63) is 69.3 Å². The van der Waals surface area contributed by atoms with Crippen molar-refractivity contribution in [3.8, 4) is 0 Å². The predicted molar refractivity (Wildman–Crippen MR) is 134 cm³/mol. The maximum absolute atomic E-state index is 13.3. The fourth-order valence-electron chi connectivity index (χ4n) is 4.48. The highest BCUT2D eigenvalue weighted by Crippen LogP contribution is 2.32. The molecule has 13 heteroatoms.